The quantitative estimate of drug-likeness (QED) is 0.775. The molecule has 3 nitrogen and oxygen atoms in total. The Kier molecular flexibility index (Phi) is 3.36. The summed E-state index contributed by atoms with van der Waals surface area (Å²) in [5.41, 5.74) is 3.95. The van der Waals surface area contributed by atoms with Crippen LogP contribution in [0.15, 0.2) is 71.5 Å². The normalized spacial score (nSPS) is 10.0. The average molecular weight is 272 g/mol. The smallest absolute Gasteiger partial charge is 0.249 e. The van der Waals surface area contributed by atoms with Crippen LogP contribution in [0.1, 0.15) is 5.56 Å². The van der Waals surface area contributed by atoms with Gasteiger partial charge < -0.3 is 4.98 Å². The Bertz CT molecular complexity index is 856. The lowest BCUT2D eigenvalue weighted by Crippen LogP contribution is -2.05. The minimum Gasteiger partial charge on any atom is -0.322 e. The van der Waals surface area contributed by atoms with Crippen LogP contribution in [0, 0.1) is 11.3 Å². The van der Waals surface area contributed by atoms with Crippen LogP contribution in [0.3, 0.4) is 0 Å². The van der Waals surface area contributed by atoms with Crippen molar-refractivity contribution in [2.75, 3.05) is 0 Å². The number of hydrogen-bond donors (Lipinski definition) is 1. The van der Waals surface area contributed by atoms with E-state index in [-0.39, 0.29) is 5.56 Å². The second kappa shape index (κ2) is 5.48. The maximum absolute atomic E-state index is 11.9. The molecule has 21 heavy (non-hydrogen) atoms. The first-order chi connectivity index (χ1) is 10.3. The number of nitriles is 1. The molecule has 0 unspecified atom stereocenters. The van der Waals surface area contributed by atoms with Crippen molar-refractivity contribution in [3.05, 3.63) is 82.6 Å². The summed E-state index contributed by atoms with van der Waals surface area (Å²) in [5.74, 6) is 0. The molecule has 1 heterocycles. The van der Waals surface area contributed by atoms with Crippen molar-refractivity contribution >= 4 is 0 Å². The number of aromatic nitrogens is 1. The summed E-state index contributed by atoms with van der Waals surface area (Å²) in [5, 5.41) is 8.83. The van der Waals surface area contributed by atoms with Crippen LogP contribution < -0.4 is 5.56 Å². The van der Waals surface area contributed by atoms with Gasteiger partial charge >= 0.3 is 0 Å². The summed E-state index contributed by atoms with van der Waals surface area (Å²) in [4.78, 5) is 14.7. The van der Waals surface area contributed by atoms with Crippen molar-refractivity contribution in [2.24, 2.45) is 0 Å². The van der Waals surface area contributed by atoms with E-state index in [9.17, 15) is 4.79 Å². The number of nitrogens with one attached hydrogen (secondary N) is 1. The first-order valence-electron chi connectivity index (χ1n) is 6.56. The fourth-order valence-corrected chi connectivity index (χ4v) is 2.22. The summed E-state index contributed by atoms with van der Waals surface area (Å²) >= 11 is 0. The van der Waals surface area contributed by atoms with E-state index in [0.717, 1.165) is 22.4 Å². The van der Waals surface area contributed by atoms with Crippen molar-refractivity contribution in [3.63, 3.8) is 0 Å². The second-order valence-electron chi connectivity index (χ2n) is 4.70. The first-order valence-corrected chi connectivity index (χ1v) is 6.56. The van der Waals surface area contributed by atoms with Gasteiger partial charge in [-0.1, -0.05) is 42.5 Å². The molecule has 0 amide bonds. The zero-order valence-corrected chi connectivity index (χ0v) is 11.2. The molecular weight excluding hydrogens is 260 g/mol. The fourth-order valence-electron chi connectivity index (χ4n) is 2.22. The van der Waals surface area contributed by atoms with Gasteiger partial charge in [0.15, 0.2) is 0 Å². The molecule has 0 atom stereocenters. The van der Waals surface area contributed by atoms with Crippen LogP contribution in [0.5, 0.6) is 0 Å². The highest BCUT2D eigenvalue weighted by Gasteiger charge is 2.04. The van der Waals surface area contributed by atoms with Gasteiger partial charge in [-0.05, 0) is 34.9 Å². The van der Waals surface area contributed by atoms with Crippen LogP contribution in [-0.4, -0.2) is 4.98 Å². The molecule has 0 radical (unpaired) electrons. The molecular formula is C18H12N2O. The van der Waals surface area contributed by atoms with E-state index >= 15 is 0 Å². The lowest BCUT2D eigenvalue weighted by molar-refractivity contribution is 1.24. The molecule has 0 saturated heterocycles. The summed E-state index contributed by atoms with van der Waals surface area (Å²) in [7, 11) is 0. The molecule has 0 fully saturated rings. The Morgan fingerprint density at radius 3 is 2.19 bits per heavy atom. The molecule has 3 rings (SSSR count). The molecule has 0 aliphatic rings. The van der Waals surface area contributed by atoms with Crippen LogP contribution in [0.2, 0.25) is 0 Å². The van der Waals surface area contributed by atoms with Gasteiger partial charge in [-0.2, -0.15) is 5.26 Å². The van der Waals surface area contributed by atoms with Gasteiger partial charge in [-0.15, -0.1) is 0 Å². The Morgan fingerprint density at radius 2 is 1.52 bits per heavy atom. The SMILES string of the molecule is N#Cc1ccc(-c2cc(-c3ccccc3)[nH]c(=O)c2)cc1. The molecule has 0 spiro atoms. The van der Waals surface area contributed by atoms with Gasteiger partial charge in [0.05, 0.1) is 11.6 Å². The van der Waals surface area contributed by atoms with Crippen LogP contribution >= 0.6 is 0 Å². The minimum atomic E-state index is -0.143. The summed E-state index contributed by atoms with van der Waals surface area (Å²) in [6, 6.07) is 22.5. The van der Waals surface area contributed by atoms with E-state index in [1.54, 1.807) is 18.2 Å². The topological polar surface area (TPSA) is 56.6 Å². The van der Waals surface area contributed by atoms with E-state index in [1.807, 2.05) is 48.5 Å². The zero-order valence-electron chi connectivity index (χ0n) is 11.2. The van der Waals surface area contributed by atoms with Crippen LogP contribution in [0.4, 0.5) is 0 Å². The second-order valence-corrected chi connectivity index (χ2v) is 4.70. The van der Waals surface area contributed by atoms with Gasteiger partial charge in [0.25, 0.3) is 0 Å². The number of hydrogen-bond acceptors (Lipinski definition) is 2. The third-order valence-corrected chi connectivity index (χ3v) is 3.28. The van der Waals surface area contributed by atoms with Crippen molar-refractivity contribution < 1.29 is 0 Å². The Hall–Kier alpha value is -3.12. The summed E-state index contributed by atoms with van der Waals surface area (Å²) in [6.07, 6.45) is 0. The van der Waals surface area contributed by atoms with Crippen LogP contribution in [-0.2, 0) is 0 Å². The average Bonchev–Trinajstić information content (AvgIpc) is 2.55. The molecule has 3 heteroatoms. The number of rotatable bonds is 2. The number of nitrogens with zero attached hydrogens (tertiary/aromatic N) is 1. The molecule has 0 aliphatic carbocycles. The van der Waals surface area contributed by atoms with E-state index in [0.29, 0.717) is 5.56 Å². The van der Waals surface area contributed by atoms with E-state index in [1.165, 1.54) is 0 Å². The molecule has 3 aromatic rings. The molecule has 0 bridgehead atoms. The third-order valence-electron chi connectivity index (χ3n) is 3.28. The predicted molar refractivity (Wildman–Crippen MR) is 82.6 cm³/mol. The maximum atomic E-state index is 11.9. The van der Waals surface area contributed by atoms with Gasteiger partial charge in [0.1, 0.15) is 0 Å². The van der Waals surface area contributed by atoms with Crippen molar-refractivity contribution in [2.45, 2.75) is 0 Å². The first kappa shape index (κ1) is 12.9. The number of aromatic amines is 1. The molecule has 1 aromatic heterocycles. The van der Waals surface area contributed by atoms with Gasteiger partial charge in [-0.25, -0.2) is 0 Å². The molecule has 0 aliphatic heterocycles. The number of pyridine rings is 1. The Morgan fingerprint density at radius 1 is 0.810 bits per heavy atom. The van der Waals surface area contributed by atoms with Crippen LogP contribution in [0.25, 0.3) is 22.4 Å². The van der Waals surface area contributed by atoms with E-state index in [2.05, 4.69) is 11.1 Å². The largest absolute Gasteiger partial charge is 0.322 e. The predicted octanol–water partition coefficient (Wildman–Crippen LogP) is 3.58. The summed E-state index contributed by atoms with van der Waals surface area (Å²) in [6.45, 7) is 0. The van der Waals surface area contributed by atoms with Gasteiger partial charge in [0, 0.05) is 11.8 Å². The Balaban J connectivity index is 2.10. The number of H-pyrrole nitrogens is 1. The monoisotopic (exact) mass is 272 g/mol. The molecule has 2 aromatic carbocycles. The maximum Gasteiger partial charge on any atom is 0.249 e. The third kappa shape index (κ3) is 2.75. The lowest BCUT2D eigenvalue weighted by Gasteiger charge is -2.06. The minimum absolute atomic E-state index is 0.143. The Labute approximate surface area is 122 Å². The lowest BCUT2D eigenvalue weighted by atomic mass is 10.0. The van der Waals surface area contributed by atoms with Crippen molar-refractivity contribution in [1.29, 1.82) is 5.26 Å². The van der Waals surface area contributed by atoms with Gasteiger partial charge in [-0.3, -0.25) is 4.79 Å². The highest BCUT2D eigenvalue weighted by molar-refractivity contribution is 5.70. The van der Waals surface area contributed by atoms with E-state index < -0.39 is 0 Å². The molecule has 100 valence electrons. The highest BCUT2D eigenvalue weighted by atomic mass is 16.1. The summed E-state index contributed by atoms with van der Waals surface area (Å²) < 4.78 is 0. The highest BCUT2D eigenvalue weighted by Crippen LogP contribution is 2.23. The van der Waals surface area contributed by atoms with Crippen molar-refractivity contribution in [3.8, 4) is 28.5 Å². The van der Waals surface area contributed by atoms with E-state index in [4.69, 9.17) is 5.26 Å². The molecule has 1 N–H and O–H groups in total. The fraction of sp³-hybridized carbons (Fsp3) is 0. The van der Waals surface area contributed by atoms with Crippen molar-refractivity contribution in [1.82, 2.24) is 4.98 Å². The standard InChI is InChI=1S/C18H12N2O/c19-12-13-6-8-14(9-7-13)16-10-17(20-18(21)11-16)15-4-2-1-3-5-15/h1-11H,(H,20,21). The zero-order chi connectivity index (χ0) is 14.7. The molecule has 0 saturated carbocycles. The number of benzene rings is 2. The van der Waals surface area contributed by atoms with Gasteiger partial charge in [0.2, 0.25) is 5.56 Å².